The molecule has 0 fully saturated rings. The molecule has 2 aromatic rings. The Hall–Kier alpha value is -2.07. The minimum Gasteiger partial charge on any atom is -0.508 e. The molecule has 0 aromatic heterocycles. The average molecular weight is 319 g/mol. The highest BCUT2D eigenvalue weighted by molar-refractivity contribution is 6.31. The van der Waals surface area contributed by atoms with Crippen molar-refractivity contribution >= 4 is 17.4 Å². The largest absolute Gasteiger partial charge is 0.508 e. The molecule has 1 aliphatic rings. The van der Waals surface area contributed by atoms with Gasteiger partial charge in [0.05, 0.1) is 0 Å². The normalized spacial score (nSPS) is 16.9. The predicted octanol–water partition coefficient (Wildman–Crippen LogP) is 3.79. The van der Waals surface area contributed by atoms with Gasteiger partial charge in [-0.2, -0.15) is 0 Å². The van der Waals surface area contributed by atoms with Crippen molar-refractivity contribution in [3.05, 3.63) is 63.9 Å². The summed E-state index contributed by atoms with van der Waals surface area (Å²) in [4.78, 5) is 6.58. The Labute approximate surface area is 133 Å². The van der Waals surface area contributed by atoms with Gasteiger partial charge < -0.3 is 10.0 Å². The molecule has 0 saturated heterocycles. The van der Waals surface area contributed by atoms with Crippen LogP contribution in [-0.4, -0.2) is 29.9 Å². The van der Waals surface area contributed by atoms with Gasteiger partial charge in [0.25, 0.3) is 0 Å². The van der Waals surface area contributed by atoms with Gasteiger partial charge in [-0.15, -0.1) is 0 Å². The lowest BCUT2D eigenvalue weighted by atomic mass is 9.90. The summed E-state index contributed by atoms with van der Waals surface area (Å²) in [5.74, 6) is 0.639. The molecule has 0 amide bonds. The number of benzene rings is 2. The molecule has 1 unspecified atom stereocenters. The van der Waals surface area contributed by atoms with Gasteiger partial charge in [-0.1, -0.05) is 23.7 Å². The molecule has 3 nitrogen and oxygen atoms in total. The number of amidine groups is 1. The Balaban J connectivity index is 2.21. The summed E-state index contributed by atoms with van der Waals surface area (Å²) in [6.45, 7) is 0. The molecule has 2 aromatic carbocycles. The van der Waals surface area contributed by atoms with E-state index in [-0.39, 0.29) is 11.6 Å². The summed E-state index contributed by atoms with van der Waals surface area (Å²) in [5.41, 5.74) is 2.17. The first-order valence-electron chi connectivity index (χ1n) is 6.97. The third kappa shape index (κ3) is 2.55. The third-order valence-corrected chi connectivity index (χ3v) is 4.17. The number of phenols is 1. The summed E-state index contributed by atoms with van der Waals surface area (Å²) >= 11 is 6.22. The zero-order chi connectivity index (χ0) is 15.9. The fourth-order valence-corrected chi connectivity index (χ4v) is 2.98. The van der Waals surface area contributed by atoms with Crippen LogP contribution in [0.25, 0.3) is 0 Å². The lowest BCUT2D eigenvalue weighted by molar-refractivity contribution is 0.473. The minimum atomic E-state index is -0.504. The van der Waals surface area contributed by atoms with Gasteiger partial charge in [-0.3, -0.25) is 4.99 Å². The molecule has 0 saturated carbocycles. The van der Waals surface area contributed by atoms with Crippen molar-refractivity contribution in [2.45, 2.75) is 12.5 Å². The lowest BCUT2D eigenvalue weighted by Crippen LogP contribution is -2.29. The fraction of sp³-hybridized carbons (Fsp3) is 0.235. The molecular formula is C17H16ClFN2O. The smallest absolute Gasteiger partial charge is 0.130 e. The molecule has 22 heavy (non-hydrogen) atoms. The van der Waals surface area contributed by atoms with Crippen LogP contribution in [0.2, 0.25) is 5.02 Å². The van der Waals surface area contributed by atoms with Crippen molar-refractivity contribution in [1.29, 1.82) is 0 Å². The summed E-state index contributed by atoms with van der Waals surface area (Å²) in [6.07, 6.45) is 0.597. The zero-order valence-corrected chi connectivity index (χ0v) is 13.1. The van der Waals surface area contributed by atoms with E-state index in [1.165, 1.54) is 6.07 Å². The Kier molecular flexibility index (Phi) is 3.79. The maximum absolute atomic E-state index is 14.3. The Bertz CT molecular complexity index is 738. The third-order valence-electron chi connectivity index (χ3n) is 3.84. The van der Waals surface area contributed by atoms with Crippen molar-refractivity contribution in [2.24, 2.45) is 4.99 Å². The Morgan fingerprint density at radius 1 is 1.27 bits per heavy atom. The van der Waals surface area contributed by atoms with Crippen molar-refractivity contribution in [3.63, 3.8) is 0 Å². The minimum absolute atomic E-state index is 0.192. The molecule has 3 rings (SSSR count). The molecular weight excluding hydrogens is 303 g/mol. The predicted molar refractivity (Wildman–Crippen MR) is 86.2 cm³/mol. The maximum atomic E-state index is 14.3. The van der Waals surface area contributed by atoms with E-state index in [1.807, 2.05) is 19.0 Å². The molecule has 1 heterocycles. The van der Waals surface area contributed by atoms with E-state index in [4.69, 9.17) is 11.6 Å². The van der Waals surface area contributed by atoms with E-state index >= 15 is 0 Å². The van der Waals surface area contributed by atoms with E-state index in [0.29, 0.717) is 17.0 Å². The number of fused-ring (bicyclic) bond motifs is 1. The first-order chi connectivity index (χ1) is 10.5. The number of hydrogen-bond acceptors (Lipinski definition) is 3. The van der Waals surface area contributed by atoms with Crippen LogP contribution in [0.15, 0.2) is 41.4 Å². The molecule has 1 aliphatic heterocycles. The van der Waals surface area contributed by atoms with Crippen molar-refractivity contribution in [1.82, 2.24) is 4.90 Å². The van der Waals surface area contributed by atoms with Crippen molar-refractivity contribution < 1.29 is 9.50 Å². The number of aliphatic imine (C=N–C) groups is 1. The monoisotopic (exact) mass is 318 g/mol. The Morgan fingerprint density at radius 3 is 2.73 bits per heavy atom. The van der Waals surface area contributed by atoms with Crippen molar-refractivity contribution in [3.8, 4) is 5.75 Å². The number of hydrogen-bond donors (Lipinski definition) is 1. The SMILES string of the molecule is CN(C)C1=NC(c2c(F)cccc2Cl)c2ccc(O)cc2C1. The molecule has 0 spiro atoms. The molecule has 1 N–H and O–H groups in total. The fourth-order valence-electron chi connectivity index (χ4n) is 2.71. The van der Waals surface area contributed by atoms with Crippen molar-refractivity contribution in [2.75, 3.05) is 14.1 Å². The number of halogens is 2. The van der Waals surface area contributed by atoms with Gasteiger partial charge in [0.15, 0.2) is 0 Å². The molecule has 1 atom stereocenters. The Morgan fingerprint density at radius 2 is 2.05 bits per heavy atom. The second-order valence-corrected chi connectivity index (χ2v) is 5.94. The van der Waals surface area contributed by atoms with Crippen LogP contribution in [0, 0.1) is 5.82 Å². The number of aromatic hydroxyl groups is 1. The molecule has 0 aliphatic carbocycles. The van der Waals surface area contributed by atoms with Crippen LogP contribution >= 0.6 is 11.6 Å². The second-order valence-electron chi connectivity index (χ2n) is 5.54. The number of nitrogens with zero attached hydrogens (tertiary/aromatic N) is 2. The van der Waals surface area contributed by atoms with Crippen LogP contribution in [0.3, 0.4) is 0 Å². The summed E-state index contributed by atoms with van der Waals surface area (Å²) in [7, 11) is 3.79. The van der Waals surface area contributed by atoms with E-state index < -0.39 is 6.04 Å². The van der Waals surface area contributed by atoms with E-state index in [0.717, 1.165) is 17.0 Å². The van der Waals surface area contributed by atoms with Gasteiger partial charge >= 0.3 is 0 Å². The van der Waals surface area contributed by atoms with E-state index in [2.05, 4.69) is 4.99 Å². The lowest BCUT2D eigenvalue weighted by Gasteiger charge is -2.28. The van der Waals surface area contributed by atoms with E-state index in [1.54, 1.807) is 30.3 Å². The summed E-state index contributed by atoms with van der Waals surface area (Å²) in [6, 6.07) is 9.22. The first-order valence-corrected chi connectivity index (χ1v) is 7.35. The maximum Gasteiger partial charge on any atom is 0.130 e. The van der Waals surface area contributed by atoms with Gasteiger partial charge in [-0.25, -0.2) is 4.39 Å². The van der Waals surface area contributed by atoms with Gasteiger partial charge in [0.2, 0.25) is 0 Å². The molecule has 0 radical (unpaired) electrons. The molecule has 5 heteroatoms. The molecule has 0 bridgehead atoms. The zero-order valence-electron chi connectivity index (χ0n) is 12.3. The highest BCUT2D eigenvalue weighted by Gasteiger charge is 2.28. The van der Waals surface area contributed by atoms with E-state index in [9.17, 15) is 9.50 Å². The first kappa shape index (κ1) is 14.9. The topological polar surface area (TPSA) is 35.8 Å². The van der Waals surface area contributed by atoms with Crippen LogP contribution < -0.4 is 0 Å². The standard InChI is InChI=1S/C17H16ClFN2O/c1-21(2)15-9-10-8-11(22)6-7-12(10)17(20-15)16-13(18)4-3-5-14(16)19/h3-8,17,22H,9H2,1-2H3. The number of likely N-dealkylation sites (N-methyl/N-ethyl adjacent to an activating group) is 1. The average Bonchev–Trinajstić information content (AvgIpc) is 2.46. The van der Waals surface area contributed by atoms with Crippen LogP contribution in [0.1, 0.15) is 22.7 Å². The quantitative estimate of drug-likeness (QED) is 0.868. The second kappa shape index (κ2) is 5.61. The van der Waals surface area contributed by atoms with Crippen LogP contribution in [-0.2, 0) is 6.42 Å². The van der Waals surface area contributed by atoms with Gasteiger partial charge in [0, 0.05) is 31.1 Å². The highest BCUT2D eigenvalue weighted by atomic mass is 35.5. The summed E-state index contributed by atoms with van der Waals surface area (Å²) in [5, 5.41) is 10.1. The van der Waals surface area contributed by atoms with Crippen LogP contribution in [0.4, 0.5) is 4.39 Å². The van der Waals surface area contributed by atoms with Gasteiger partial charge in [-0.05, 0) is 35.4 Å². The number of phenolic OH excluding ortho intramolecular Hbond substituents is 1. The highest BCUT2D eigenvalue weighted by Crippen LogP contribution is 2.38. The van der Waals surface area contributed by atoms with Crippen LogP contribution in [0.5, 0.6) is 5.75 Å². The van der Waals surface area contributed by atoms with Gasteiger partial charge in [0.1, 0.15) is 23.4 Å². The molecule has 114 valence electrons. The number of rotatable bonds is 1. The summed E-state index contributed by atoms with van der Waals surface area (Å²) < 4.78 is 14.3.